The lowest BCUT2D eigenvalue weighted by molar-refractivity contribution is 1.40. The molecule has 0 aliphatic carbocycles. The first-order valence-corrected chi connectivity index (χ1v) is 22.5. The van der Waals surface area contributed by atoms with Gasteiger partial charge in [-0.15, -0.1) is 0 Å². The van der Waals surface area contributed by atoms with Crippen LogP contribution in [0.5, 0.6) is 0 Å². The second kappa shape index (κ2) is 15.2. The minimum absolute atomic E-state index is 0.955. The van der Waals surface area contributed by atoms with Crippen LogP contribution in [-0.2, 0) is 0 Å². The van der Waals surface area contributed by atoms with Crippen molar-refractivity contribution in [2.45, 2.75) is 69.2 Å². The van der Waals surface area contributed by atoms with E-state index in [4.69, 9.17) is 0 Å². The summed E-state index contributed by atoms with van der Waals surface area (Å²) in [6, 6.07) is 52.8. The molecule has 0 spiro atoms. The molecule has 0 radical (unpaired) electrons. The molecular weight excluding hydrogens is 711 g/mol. The van der Waals surface area contributed by atoms with E-state index in [2.05, 4.69) is 203 Å². The largest absolute Gasteiger partial charge is 0.0587 e. The summed E-state index contributed by atoms with van der Waals surface area (Å²) in [6.45, 7) is 22.5. The third-order valence-electron chi connectivity index (χ3n) is 10.9. The molecule has 0 aliphatic heterocycles. The van der Waals surface area contributed by atoms with Crippen molar-refractivity contribution >= 4 is 69.2 Å². The van der Waals surface area contributed by atoms with Gasteiger partial charge in [0.15, 0.2) is 0 Å². The van der Waals surface area contributed by atoms with E-state index in [0.29, 0.717) is 0 Å². The van der Waals surface area contributed by atoms with Gasteiger partial charge < -0.3 is 0 Å². The van der Waals surface area contributed by atoms with Crippen molar-refractivity contribution < 1.29 is 0 Å². The molecule has 2 heteroatoms. The lowest BCUT2D eigenvalue weighted by Gasteiger charge is -2.29. The predicted molar refractivity (Wildman–Crippen MR) is 252 cm³/mol. The number of rotatable bonds is 7. The molecule has 8 rings (SSSR count). The zero-order chi connectivity index (χ0) is 39.4. The highest BCUT2D eigenvalue weighted by molar-refractivity contribution is 7.81. The SMILES string of the molecule is Cc1cc(C)cc(P(c2cc(C)cc(C)c2)c2ccc3ccc(C)cc3c2-c2c(P(c3cc(C)cc(C)c3)c3cc(C)cc(C)c3)ccc3ccc(C)cc23)c1. The summed E-state index contributed by atoms with van der Waals surface area (Å²) in [5.41, 5.74) is 15.8. The first kappa shape index (κ1) is 38.0. The Morgan fingerprint density at radius 2 is 0.500 bits per heavy atom. The van der Waals surface area contributed by atoms with Crippen molar-refractivity contribution in [3.63, 3.8) is 0 Å². The fraction of sp³-hybridized carbons (Fsp3) is 0.185. The van der Waals surface area contributed by atoms with Gasteiger partial charge in [0.05, 0.1) is 0 Å². The van der Waals surface area contributed by atoms with E-state index >= 15 is 0 Å². The molecular formula is C54H52P2. The summed E-state index contributed by atoms with van der Waals surface area (Å²) in [4.78, 5) is 0. The summed E-state index contributed by atoms with van der Waals surface area (Å²) in [6.07, 6.45) is 0. The highest BCUT2D eigenvalue weighted by Crippen LogP contribution is 2.46. The maximum atomic E-state index is 2.49. The zero-order valence-corrected chi connectivity index (χ0v) is 36.4. The smallest absolute Gasteiger partial charge is 0.000873 e. The monoisotopic (exact) mass is 762 g/mol. The van der Waals surface area contributed by atoms with Crippen LogP contribution in [0.1, 0.15) is 55.6 Å². The Kier molecular flexibility index (Phi) is 10.3. The van der Waals surface area contributed by atoms with Crippen molar-refractivity contribution in [1.82, 2.24) is 0 Å². The Balaban J connectivity index is 1.59. The standard InChI is InChI=1S/C54H52P2/c1-33-11-13-43-15-17-51(55(45-23-35(3)19-36(4)24-45)46-25-37(5)20-38(6)26-46)53(49(43)31-33)54-50-32-34(2)12-14-44(50)16-18-52(54)56(47-27-39(7)21-40(8)28-47)48-29-41(9)22-42(10)30-48/h11-32H,1-10H3. The van der Waals surface area contributed by atoms with Crippen LogP contribution >= 0.6 is 15.8 Å². The van der Waals surface area contributed by atoms with Crippen molar-refractivity contribution in [2.24, 2.45) is 0 Å². The van der Waals surface area contributed by atoms with E-state index in [1.807, 2.05) is 0 Å². The molecule has 0 unspecified atom stereocenters. The summed E-state index contributed by atoms with van der Waals surface area (Å²) in [5.74, 6) is 0. The Bertz CT molecular complexity index is 2440. The summed E-state index contributed by atoms with van der Waals surface area (Å²) < 4.78 is 0. The quantitative estimate of drug-likeness (QED) is 0.142. The Hall–Kier alpha value is -4.86. The molecule has 0 atom stereocenters. The maximum absolute atomic E-state index is 2.49. The fourth-order valence-electron chi connectivity index (χ4n) is 8.92. The van der Waals surface area contributed by atoms with E-state index in [9.17, 15) is 0 Å². The van der Waals surface area contributed by atoms with Crippen LogP contribution in [-0.4, -0.2) is 0 Å². The Morgan fingerprint density at radius 3 is 0.768 bits per heavy atom. The van der Waals surface area contributed by atoms with Crippen LogP contribution in [0.25, 0.3) is 32.7 Å². The van der Waals surface area contributed by atoms with Crippen LogP contribution in [0, 0.1) is 69.2 Å². The third kappa shape index (κ3) is 7.51. The average Bonchev–Trinajstić information content (AvgIpc) is 3.10. The number of hydrogen-bond acceptors (Lipinski definition) is 0. The molecule has 8 aromatic carbocycles. The number of benzene rings is 8. The molecule has 0 heterocycles. The fourth-order valence-corrected chi connectivity index (χ4v) is 14.6. The molecule has 56 heavy (non-hydrogen) atoms. The first-order valence-electron chi connectivity index (χ1n) is 19.8. The van der Waals surface area contributed by atoms with E-state index in [-0.39, 0.29) is 0 Å². The number of aryl methyl sites for hydroxylation is 10. The van der Waals surface area contributed by atoms with Crippen molar-refractivity contribution in [2.75, 3.05) is 0 Å². The molecule has 0 fully saturated rings. The molecule has 0 aromatic heterocycles. The molecule has 0 saturated heterocycles. The van der Waals surface area contributed by atoms with Crippen LogP contribution in [0.4, 0.5) is 0 Å². The van der Waals surface area contributed by atoms with Gasteiger partial charge in [-0.05, 0) is 150 Å². The highest BCUT2D eigenvalue weighted by atomic mass is 31.1. The van der Waals surface area contributed by atoms with Gasteiger partial charge in [-0.3, -0.25) is 0 Å². The van der Waals surface area contributed by atoms with Crippen molar-refractivity contribution in [3.05, 3.63) is 189 Å². The van der Waals surface area contributed by atoms with Gasteiger partial charge in [0.1, 0.15) is 0 Å². The number of fused-ring (bicyclic) bond motifs is 2. The Labute approximate surface area is 337 Å². The molecule has 0 nitrogen and oxygen atoms in total. The minimum atomic E-state index is -0.955. The lowest BCUT2D eigenvalue weighted by atomic mass is 9.92. The van der Waals surface area contributed by atoms with E-state index in [0.717, 1.165) is 0 Å². The van der Waals surface area contributed by atoms with Gasteiger partial charge in [0, 0.05) is 0 Å². The van der Waals surface area contributed by atoms with Gasteiger partial charge in [-0.2, -0.15) is 0 Å². The van der Waals surface area contributed by atoms with Gasteiger partial charge in [0.25, 0.3) is 0 Å². The van der Waals surface area contributed by atoms with Crippen LogP contribution in [0.15, 0.2) is 133 Å². The van der Waals surface area contributed by atoms with Gasteiger partial charge in [0.2, 0.25) is 0 Å². The molecule has 0 bridgehead atoms. The predicted octanol–water partition coefficient (Wildman–Crippen LogP) is 12.3. The summed E-state index contributed by atoms with van der Waals surface area (Å²) in [5, 5.41) is 13.7. The summed E-state index contributed by atoms with van der Waals surface area (Å²) >= 11 is 0. The van der Waals surface area contributed by atoms with Gasteiger partial charge in [-0.25, -0.2) is 0 Å². The number of hydrogen-bond donors (Lipinski definition) is 0. The second-order valence-corrected chi connectivity index (χ2v) is 20.8. The molecule has 8 aromatic rings. The molecule has 0 saturated carbocycles. The lowest BCUT2D eigenvalue weighted by Crippen LogP contribution is -2.27. The van der Waals surface area contributed by atoms with Gasteiger partial charge in [-0.1, -0.05) is 189 Å². The Morgan fingerprint density at radius 1 is 0.250 bits per heavy atom. The van der Waals surface area contributed by atoms with E-state index < -0.39 is 15.8 Å². The second-order valence-electron chi connectivity index (χ2n) is 16.4. The molecule has 278 valence electrons. The first-order chi connectivity index (χ1) is 26.8. The molecule has 0 N–H and O–H groups in total. The topological polar surface area (TPSA) is 0 Å². The van der Waals surface area contributed by atoms with Crippen LogP contribution < -0.4 is 31.8 Å². The third-order valence-corrected chi connectivity index (χ3v) is 15.7. The van der Waals surface area contributed by atoms with Crippen molar-refractivity contribution in [1.29, 1.82) is 0 Å². The minimum Gasteiger partial charge on any atom is -0.0587 e. The average molecular weight is 763 g/mol. The molecule has 0 amide bonds. The van der Waals surface area contributed by atoms with Crippen molar-refractivity contribution in [3.8, 4) is 11.1 Å². The maximum Gasteiger partial charge on any atom is -0.000873 e. The normalized spacial score (nSPS) is 11.7. The van der Waals surface area contributed by atoms with Gasteiger partial charge >= 0.3 is 0 Å². The van der Waals surface area contributed by atoms with E-state index in [1.54, 1.807) is 0 Å². The van der Waals surface area contributed by atoms with E-state index in [1.165, 1.54) is 120 Å². The zero-order valence-electron chi connectivity index (χ0n) is 34.6. The van der Waals surface area contributed by atoms with Crippen LogP contribution in [0.2, 0.25) is 0 Å². The summed E-state index contributed by atoms with van der Waals surface area (Å²) in [7, 11) is -1.91. The van der Waals surface area contributed by atoms with Crippen LogP contribution in [0.3, 0.4) is 0 Å². The molecule has 0 aliphatic rings. The highest BCUT2D eigenvalue weighted by Gasteiger charge is 2.29.